The molecule has 1 rings (SSSR count). The molecule has 106 valence electrons. The first-order valence-electron chi connectivity index (χ1n) is 6.90. The van der Waals surface area contributed by atoms with Crippen molar-refractivity contribution in [1.82, 2.24) is 0 Å². The third-order valence-corrected chi connectivity index (χ3v) is 2.89. The largest absolute Gasteiger partial charge is 0.399 e. The first-order valence-corrected chi connectivity index (χ1v) is 6.90. The minimum Gasteiger partial charge on any atom is -0.399 e. The van der Waals surface area contributed by atoms with Gasteiger partial charge in [-0.25, -0.2) is 0 Å². The van der Waals surface area contributed by atoms with Crippen molar-refractivity contribution in [3.05, 3.63) is 29.8 Å². The van der Waals surface area contributed by atoms with Crippen LogP contribution in [0.5, 0.6) is 0 Å². The monoisotopic (exact) mass is 264 g/mol. The summed E-state index contributed by atoms with van der Waals surface area (Å²) in [5, 5.41) is 0. The number of unbranched alkanes of at least 4 members (excludes halogenated alkanes) is 1. The topological polar surface area (TPSA) is 56.8 Å². The molecule has 0 fully saturated rings. The summed E-state index contributed by atoms with van der Waals surface area (Å²) in [7, 11) is 0. The molecule has 0 amide bonds. The van der Waals surface area contributed by atoms with E-state index in [0.29, 0.717) is 6.61 Å². The summed E-state index contributed by atoms with van der Waals surface area (Å²) in [6.07, 6.45) is 5.33. The maximum Gasteiger partial charge on any atom is 0.215 e. The van der Waals surface area contributed by atoms with Gasteiger partial charge in [0, 0.05) is 5.69 Å². The van der Waals surface area contributed by atoms with E-state index in [9.17, 15) is 0 Å². The zero-order valence-corrected chi connectivity index (χ0v) is 11.8. The highest BCUT2D eigenvalue weighted by Crippen LogP contribution is 2.11. The molecule has 0 saturated heterocycles. The van der Waals surface area contributed by atoms with Crippen LogP contribution < -0.4 is 5.73 Å². The van der Waals surface area contributed by atoms with Gasteiger partial charge in [0.2, 0.25) is 6.40 Å². The van der Waals surface area contributed by atoms with E-state index in [1.54, 1.807) is 0 Å². The number of rotatable bonds is 9. The molecular weight excluding hydrogens is 240 g/mol. The molecule has 0 unspecified atom stereocenters. The Morgan fingerprint density at radius 2 is 2.00 bits per heavy atom. The molecule has 0 bridgehead atoms. The molecule has 19 heavy (non-hydrogen) atoms. The average Bonchev–Trinajstić information content (AvgIpc) is 2.43. The van der Waals surface area contributed by atoms with Crippen molar-refractivity contribution in [3.8, 4) is 0 Å². The lowest BCUT2D eigenvalue weighted by atomic mass is 10.0. The Morgan fingerprint density at radius 3 is 2.63 bits per heavy atom. The number of hydrogen-bond donors (Lipinski definition) is 1. The Balaban J connectivity index is 2.32. The van der Waals surface area contributed by atoms with E-state index in [4.69, 9.17) is 15.5 Å². The van der Waals surface area contributed by atoms with E-state index < -0.39 is 0 Å². The van der Waals surface area contributed by atoms with Crippen molar-refractivity contribution in [3.63, 3.8) is 0 Å². The van der Waals surface area contributed by atoms with E-state index >= 15 is 0 Å². The fraction of sp³-hybridized carbons (Fsp3) is 0.533. The van der Waals surface area contributed by atoms with Crippen molar-refractivity contribution in [1.29, 1.82) is 0 Å². The Hall–Kier alpha value is -1.55. The summed E-state index contributed by atoms with van der Waals surface area (Å²) in [5.74, 6) is 0. The number of nitrogens with zero attached hydrogens (tertiary/aromatic N) is 1. The van der Waals surface area contributed by atoms with Gasteiger partial charge in [-0.1, -0.05) is 32.4 Å². The average molecular weight is 264 g/mol. The van der Waals surface area contributed by atoms with Gasteiger partial charge in [0.05, 0.1) is 12.6 Å². The molecule has 2 N–H and O–H groups in total. The quantitative estimate of drug-likeness (QED) is 0.186. The maximum absolute atomic E-state index is 5.66. The molecule has 0 radical (unpaired) electrons. The lowest BCUT2D eigenvalue weighted by molar-refractivity contribution is -0.217. The van der Waals surface area contributed by atoms with Crippen LogP contribution in [0.25, 0.3) is 0 Å². The number of nitrogen functional groups attached to an aromatic ring is 1. The van der Waals surface area contributed by atoms with Crippen molar-refractivity contribution in [2.24, 2.45) is 4.99 Å². The molecule has 0 aliphatic carbocycles. The number of nitrogens with two attached hydrogens (primary N) is 1. The zero-order valence-electron chi connectivity index (χ0n) is 11.8. The van der Waals surface area contributed by atoms with Gasteiger partial charge in [0.25, 0.3) is 0 Å². The smallest absolute Gasteiger partial charge is 0.215 e. The lowest BCUT2D eigenvalue weighted by Crippen LogP contribution is -2.08. The van der Waals surface area contributed by atoms with Crippen molar-refractivity contribution in [2.45, 2.75) is 45.6 Å². The van der Waals surface area contributed by atoms with E-state index in [1.165, 1.54) is 12.0 Å². The molecule has 0 spiro atoms. The van der Waals surface area contributed by atoms with Gasteiger partial charge < -0.3 is 10.6 Å². The molecular formula is C15H24N2O2. The van der Waals surface area contributed by atoms with E-state index in [0.717, 1.165) is 31.4 Å². The fourth-order valence-electron chi connectivity index (χ4n) is 1.62. The molecule has 0 heterocycles. The summed E-state index contributed by atoms with van der Waals surface area (Å²) < 4.78 is 0. The Kier molecular flexibility index (Phi) is 7.66. The van der Waals surface area contributed by atoms with E-state index in [-0.39, 0.29) is 6.04 Å². The molecule has 0 aliphatic rings. The number of benzene rings is 1. The maximum atomic E-state index is 5.66. The molecule has 0 saturated carbocycles. The van der Waals surface area contributed by atoms with Crippen LogP contribution in [-0.4, -0.2) is 19.0 Å². The second-order valence-electron chi connectivity index (χ2n) is 4.53. The predicted molar refractivity (Wildman–Crippen MR) is 79.1 cm³/mol. The van der Waals surface area contributed by atoms with Gasteiger partial charge >= 0.3 is 0 Å². The van der Waals surface area contributed by atoms with Gasteiger partial charge in [0.15, 0.2) is 0 Å². The first kappa shape index (κ1) is 15.5. The summed E-state index contributed by atoms with van der Waals surface area (Å²) in [6.45, 7) is 4.83. The van der Waals surface area contributed by atoms with Crippen molar-refractivity contribution in [2.75, 3.05) is 12.3 Å². The van der Waals surface area contributed by atoms with Gasteiger partial charge in [0.1, 0.15) is 0 Å². The molecule has 0 aromatic heterocycles. The third-order valence-electron chi connectivity index (χ3n) is 2.89. The first-order chi connectivity index (χ1) is 9.26. The highest BCUT2D eigenvalue weighted by Gasteiger charge is 2.04. The summed E-state index contributed by atoms with van der Waals surface area (Å²) >= 11 is 0. The predicted octanol–water partition coefficient (Wildman–Crippen LogP) is 3.37. The number of anilines is 1. The SMILES string of the molecule is CCCCOOC=N[C@H](CC)Cc1ccc(N)cc1. The normalized spacial score (nSPS) is 12.7. The lowest BCUT2D eigenvalue weighted by Gasteiger charge is -2.09. The highest BCUT2D eigenvalue weighted by molar-refractivity contribution is 5.46. The molecule has 1 aromatic carbocycles. The van der Waals surface area contributed by atoms with Crippen LogP contribution in [0.1, 0.15) is 38.7 Å². The van der Waals surface area contributed by atoms with Crippen LogP contribution in [0, 0.1) is 0 Å². The summed E-state index contributed by atoms with van der Waals surface area (Å²) in [4.78, 5) is 14.2. The third kappa shape index (κ3) is 6.82. The second-order valence-corrected chi connectivity index (χ2v) is 4.53. The zero-order chi connectivity index (χ0) is 13.9. The number of aliphatic imine (C=N–C) groups is 1. The van der Waals surface area contributed by atoms with Crippen LogP contribution in [0.3, 0.4) is 0 Å². The fourth-order valence-corrected chi connectivity index (χ4v) is 1.62. The van der Waals surface area contributed by atoms with Crippen molar-refractivity contribution < 1.29 is 9.78 Å². The minimum absolute atomic E-state index is 0.207. The van der Waals surface area contributed by atoms with Crippen molar-refractivity contribution >= 4 is 12.1 Å². The minimum atomic E-state index is 0.207. The molecule has 1 aromatic rings. The van der Waals surface area contributed by atoms with Crippen LogP contribution in [0.15, 0.2) is 29.3 Å². The standard InChI is InChI=1S/C15H24N2O2/c1-3-5-10-18-19-12-17-15(4-2)11-13-6-8-14(16)9-7-13/h6-9,12,15H,3-5,10-11,16H2,1-2H3/t15-/m1/s1. The Morgan fingerprint density at radius 1 is 1.26 bits per heavy atom. The highest BCUT2D eigenvalue weighted by atomic mass is 17.2. The van der Waals surface area contributed by atoms with E-state index in [1.807, 2.05) is 24.3 Å². The molecule has 4 heteroatoms. The summed E-state index contributed by atoms with van der Waals surface area (Å²) in [6, 6.07) is 8.10. The Labute approximate surface area is 115 Å². The Bertz CT molecular complexity index is 363. The van der Waals surface area contributed by atoms with Crippen LogP contribution in [0.2, 0.25) is 0 Å². The van der Waals surface area contributed by atoms with E-state index in [2.05, 4.69) is 18.8 Å². The van der Waals surface area contributed by atoms with Crippen LogP contribution in [0.4, 0.5) is 5.69 Å². The molecule has 0 aliphatic heterocycles. The van der Waals surface area contributed by atoms with Gasteiger partial charge in [-0.15, -0.1) is 0 Å². The van der Waals surface area contributed by atoms with Gasteiger partial charge in [-0.05, 0) is 37.0 Å². The van der Waals surface area contributed by atoms with Crippen LogP contribution in [-0.2, 0) is 16.2 Å². The molecule has 1 atom stereocenters. The van der Waals surface area contributed by atoms with Gasteiger partial charge in [-0.3, -0.25) is 4.99 Å². The number of hydrogen-bond acceptors (Lipinski definition) is 4. The van der Waals surface area contributed by atoms with Crippen LogP contribution >= 0.6 is 0 Å². The van der Waals surface area contributed by atoms with Gasteiger partial charge in [-0.2, -0.15) is 4.89 Å². The second kappa shape index (κ2) is 9.39. The summed E-state index contributed by atoms with van der Waals surface area (Å²) in [5.41, 5.74) is 7.67. The molecule has 4 nitrogen and oxygen atoms in total.